The van der Waals surface area contributed by atoms with Crippen molar-refractivity contribution in [3.05, 3.63) is 35.3 Å². The first-order valence-corrected chi connectivity index (χ1v) is 7.79. The van der Waals surface area contributed by atoms with Gasteiger partial charge >= 0.3 is 11.9 Å². The lowest BCUT2D eigenvalue weighted by atomic mass is 9.69. The Kier molecular flexibility index (Phi) is 3.86. The standard InChI is InChI=1S/C18H20FNO4/c1-10-8-18(16(21)23-3,17(22)24-4)9-14-15(10)12-7-11(19)5-6-13(12)20(14)2/h5-7,10H,8-9H2,1-4H3. The predicted molar refractivity (Wildman–Crippen MR) is 86.1 cm³/mol. The van der Waals surface area contributed by atoms with Crippen molar-refractivity contribution in [1.82, 2.24) is 4.57 Å². The van der Waals surface area contributed by atoms with Crippen molar-refractivity contribution in [2.75, 3.05) is 14.2 Å². The van der Waals surface area contributed by atoms with Gasteiger partial charge in [-0.3, -0.25) is 9.59 Å². The third-order valence-corrected chi connectivity index (χ3v) is 5.09. The Bertz CT molecular complexity index is 823. The van der Waals surface area contributed by atoms with E-state index in [0.29, 0.717) is 0 Å². The minimum atomic E-state index is -1.36. The molecule has 0 fully saturated rings. The molecule has 1 heterocycles. The maximum absolute atomic E-state index is 13.7. The molecule has 1 aromatic carbocycles. The Hall–Kier alpha value is -2.37. The molecule has 0 saturated carbocycles. The van der Waals surface area contributed by atoms with E-state index in [1.807, 2.05) is 18.5 Å². The molecule has 5 nitrogen and oxygen atoms in total. The third-order valence-electron chi connectivity index (χ3n) is 5.09. The zero-order chi connectivity index (χ0) is 17.6. The van der Waals surface area contributed by atoms with E-state index in [9.17, 15) is 14.0 Å². The molecule has 0 spiro atoms. The summed E-state index contributed by atoms with van der Waals surface area (Å²) in [4.78, 5) is 24.9. The van der Waals surface area contributed by atoms with E-state index in [4.69, 9.17) is 9.47 Å². The van der Waals surface area contributed by atoms with Crippen molar-refractivity contribution in [3.8, 4) is 0 Å². The van der Waals surface area contributed by atoms with E-state index >= 15 is 0 Å². The van der Waals surface area contributed by atoms with Crippen LogP contribution >= 0.6 is 0 Å². The van der Waals surface area contributed by atoms with Gasteiger partial charge in [-0.1, -0.05) is 6.92 Å². The lowest BCUT2D eigenvalue weighted by Crippen LogP contribution is -2.46. The zero-order valence-electron chi connectivity index (χ0n) is 14.2. The second kappa shape index (κ2) is 5.61. The summed E-state index contributed by atoms with van der Waals surface area (Å²) in [5.41, 5.74) is 1.33. The number of esters is 2. The molecule has 0 amide bonds. The zero-order valence-corrected chi connectivity index (χ0v) is 14.2. The van der Waals surface area contributed by atoms with Gasteiger partial charge in [-0.2, -0.15) is 0 Å². The molecule has 3 rings (SSSR count). The Balaban J connectivity index is 2.25. The Morgan fingerprint density at radius 1 is 1.25 bits per heavy atom. The highest BCUT2D eigenvalue weighted by Crippen LogP contribution is 2.47. The largest absolute Gasteiger partial charge is 0.468 e. The van der Waals surface area contributed by atoms with Gasteiger partial charge < -0.3 is 14.0 Å². The van der Waals surface area contributed by atoms with Gasteiger partial charge in [0.1, 0.15) is 5.82 Å². The number of carbonyl (C=O) groups excluding carboxylic acids is 2. The van der Waals surface area contributed by atoms with Crippen LogP contribution in [0.3, 0.4) is 0 Å². The van der Waals surface area contributed by atoms with Gasteiger partial charge in [0.05, 0.1) is 14.2 Å². The highest BCUT2D eigenvalue weighted by molar-refractivity contribution is 6.01. The molecule has 6 heteroatoms. The van der Waals surface area contributed by atoms with Crippen LogP contribution in [0.5, 0.6) is 0 Å². The molecule has 128 valence electrons. The van der Waals surface area contributed by atoms with E-state index in [1.165, 1.54) is 26.4 Å². The van der Waals surface area contributed by atoms with Crippen LogP contribution in [0.4, 0.5) is 4.39 Å². The maximum atomic E-state index is 13.7. The first kappa shape index (κ1) is 16.5. The van der Waals surface area contributed by atoms with Gasteiger partial charge in [0.15, 0.2) is 5.41 Å². The van der Waals surface area contributed by atoms with Crippen LogP contribution in [0, 0.1) is 11.2 Å². The molecule has 1 atom stereocenters. The number of methoxy groups -OCH3 is 2. The summed E-state index contributed by atoms with van der Waals surface area (Å²) in [7, 11) is 4.39. The summed E-state index contributed by atoms with van der Waals surface area (Å²) in [6.45, 7) is 1.93. The summed E-state index contributed by atoms with van der Waals surface area (Å²) in [6, 6.07) is 4.63. The van der Waals surface area contributed by atoms with Gasteiger partial charge in [-0.05, 0) is 36.1 Å². The quantitative estimate of drug-likeness (QED) is 0.626. The number of nitrogens with zero attached hydrogens (tertiary/aromatic N) is 1. The van der Waals surface area contributed by atoms with E-state index in [0.717, 1.165) is 22.2 Å². The minimum absolute atomic E-state index is 0.113. The SMILES string of the molecule is COC(=O)C1(C(=O)OC)Cc2c(c3cc(F)ccc3n2C)C(C)C1. The Morgan fingerprint density at radius 3 is 2.46 bits per heavy atom. The van der Waals surface area contributed by atoms with Gasteiger partial charge in [0.2, 0.25) is 0 Å². The van der Waals surface area contributed by atoms with Crippen LogP contribution in [0.25, 0.3) is 10.9 Å². The number of carbonyl (C=O) groups is 2. The molecular weight excluding hydrogens is 313 g/mol. The molecule has 1 unspecified atom stereocenters. The molecule has 2 aromatic rings. The highest BCUT2D eigenvalue weighted by atomic mass is 19.1. The van der Waals surface area contributed by atoms with Crippen molar-refractivity contribution in [2.45, 2.75) is 25.7 Å². The molecular formula is C18H20FNO4. The van der Waals surface area contributed by atoms with Crippen LogP contribution in [0.15, 0.2) is 18.2 Å². The number of benzene rings is 1. The van der Waals surface area contributed by atoms with E-state index in [-0.39, 0.29) is 24.6 Å². The van der Waals surface area contributed by atoms with Crippen LogP contribution in [-0.2, 0) is 32.5 Å². The van der Waals surface area contributed by atoms with Crippen molar-refractivity contribution >= 4 is 22.8 Å². The molecule has 0 radical (unpaired) electrons. The van der Waals surface area contributed by atoms with E-state index in [2.05, 4.69) is 0 Å². The van der Waals surface area contributed by atoms with Gasteiger partial charge in [0.25, 0.3) is 0 Å². The predicted octanol–water partition coefficient (Wildman–Crippen LogP) is 2.70. The smallest absolute Gasteiger partial charge is 0.323 e. The van der Waals surface area contributed by atoms with Crippen molar-refractivity contribution in [2.24, 2.45) is 12.5 Å². The first-order valence-electron chi connectivity index (χ1n) is 7.79. The summed E-state index contributed by atoms with van der Waals surface area (Å²) in [5.74, 6) is -1.61. The van der Waals surface area contributed by atoms with E-state index in [1.54, 1.807) is 6.07 Å². The van der Waals surface area contributed by atoms with Crippen LogP contribution in [0.2, 0.25) is 0 Å². The van der Waals surface area contributed by atoms with Crippen LogP contribution < -0.4 is 0 Å². The number of aromatic nitrogens is 1. The molecule has 0 saturated heterocycles. The number of halogens is 1. The number of hydrogen-bond donors (Lipinski definition) is 0. The number of aryl methyl sites for hydroxylation is 1. The highest BCUT2D eigenvalue weighted by Gasteiger charge is 2.53. The molecule has 1 aliphatic carbocycles. The van der Waals surface area contributed by atoms with Gasteiger partial charge in [-0.25, -0.2) is 4.39 Å². The summed E-state index contributed by atoms with van der Waals surface area (Å²) in [6.07, 6.45) is 0.452. The summed E-state index contributed by atoms with van der Waals surface area (Å²) in [5, 5.41) is 0.823. The fourth-order valence-corrected chi connectivity index (χ4v) is 4.03. The minimum Gasteiger partial charge on any atom is -0.468 e. The number of rotatable bonds is 2. The molecule has 1 aromatic heterocycles. The Labute approximate surface area is 139 Å². The third kappa shape index (κ3) is 2.12. The van der Waals surface area contributed by atoms with Crippen molar-refractivity contribution in [1.29, 1.82) is 0 Å². The Morgan fingerprint density at radius 2 is 1.88 bits per heavy atom. The monoisotopic (exact) mass is 333 g/mol. The van der Waals surface area contributed by atoms with Crippen LogP contribution in [0.1, 0.15) is 30.5 Å². The average molecular weight is 333 g/mol. The fourth-order valence-electron chi connectivity index (χ4n) is 4.03. The maximum Gasteiger partial charge on any atom is 0.323 e. The first-order chi connectivity index (χ1) is 11.4. The molecule has 0 aliphatic heterocycles. The lowest BCUT2D eigenvalue weighted by Gasteiger charge is -2.35. The second-order valence-corrected chi connectivity index (χ2v) is 6.43. The average Bonchev–Trinajstić information content (AvgIpc) is 2.85. The number of ether oxygens (including phenoxy) is 2. The number of hydrogen-bond acceptors (Lipinski definition) is 4. The molecule has 0 N–H and O–H groups in total. The summed E-state index contributed by atoms with van der Waals surface area (Å²) >= 11 is 0. The van der Waals surface area contributed by atoms with Gasteiger partial charge in [0, 0.05) is 30.1 Å². The second-order valence-electron chi connectivity index (χ2n) is 6.43. The molecule has 24 heavy (non-hydrogen) atoms. The fraction of sp³-hybridized carbons (Fsp3) is 0.444. The van der Waals surface area contributed by atoms with Gasteiger partial charge in [-0.15, -0.1) is 0 Å². The van der Waals surface area contributed by atoms with E-state index < -0.39 is 17.4 Å². The number of fused-ring (bicyclic) bond motifs is 3. The van der Waals surface area contributed by atoms with Crippen molar-refractivity contribution < 1.29 is 23.5 Å². The molecule has 0 bridgehead atoms. The normalized spacial score (nSPS) is 19.0. The molecule has 1 aliphatic rings. The lowest BCUT2D eigenvalue weighted by molar-refractivity contribution is -0.170. The topological polar surface area (TPSA) is 57.5 Å². The van der Waals surface area contributed by atoms with Crippen molar-refractivity contribution in [3.63, 3.8) is 0 Å². The van der Waals surface area contributed by atoms with Crippen LogP contribution in [-0.4, -0.2) is 30.7 Å². The summed E-state index contributed by atoms with van der Waals surface area (Å²) < 4.78 is 25.4.